The van der Waals surface area contributed by atoms with Crippen molar-refractivity contribution in [2.45, 2.75) is 37.4 Å². The van der Waals surface area contributed by atoms with Gasteiger partial charge in [-0.15, -0.1) is 0 Å². The Labute approximate surface area is 148 Å². The predicted octanol–water partition coefficient (Wildman–Crippen LogP) is 5.45. The normalized spacial score (nSPS) is 24.5. The topological polar surface area (TPSA) is 49.3 Å². The van der Waals surface area contributed by atoms with Gasteiger partial charge in [0.15, 0.2) is 0 Å². The van der Waals surface area contributed by atoms with E-state index in [1.54, 1.807) is 24.3 Å². The van der Waals surface area contributed by atoms with E-state index in [2.05, 4.69) is 5.32 Å². The first-order valence-corrected chi connectivity index (χ1v) is 8.65. The molecular formula is C20H18F3NO2. The molecule has 6 heteroatoms. The molecule has 1 fully saturated rings. The Morgan fingerprint density at radius 3 is 2.46 bits per heavy atom. The van der Waals surface area contributed by atoms with Gasteiger partial charge in [0.05, 0.1) is 17.2 Å². The molecule has 1 aliphatic heterocycles. The Bertz CT molecular complexity index is 845. The highest BCUT2D eigenvalue weighted by Crippen LogP contribution is 2.53. The molecule has 0 spiro atoms. The van der Waals surface area contributed by atoms with E-state index in [4.69, 9.17) is 5.11 Å². The van der Waals surface area contributed by atoms with Crippen LogP contribution in [0, 0.1) is 5.92 Å². The summed E-state index contributed by atoms with van der Waals surface area (Å²) in [5, 5.41) is 12.4. The fourth-order valence-corrected chi connectivity index (χ4v) is 4.39. The molecule has 1 heterocycles. The van der Waals surface area contributed by atoms with E-state index in [1.807, 2.05) is 0 Å². The van der Waals surface area contributed by atoms with Gasteiger partial charge in [-0.2, -0.15) is 13.2 Å². The van der Waals surface area contributed by atoms with Crippen LogP contribution in [0.25, 0.3) is 0 Å². The molecule has 26 heavy (non-hydrogen) atoms. The van der Waals surface area contributed by atoms with Crippen LogP contribution in [0.3, 0.4) is 0 Å². The first-order valence-electron chi connectivity index (χ1n) is 8.65. The van der Waals surface area contributed by atoms with Crippen molar-refractivity contribution in [3.8, 4) is 0 Å². The maximum Gasteiger partial charge on any atom is 0.416 e. The maximum atomic E-state index is 13.1. The van der Waals surface area contributed by atoms with Gasteiger partial charge in [-0.1, -0.05) is 18.6 Å². The highest BCUT2D eigenvalue weighted by atomic mass is 19.4. The Morgan fingerprint density at radius 1 is 1.08 bits per heavy atom. The quantitative estimate of drug-likeness (QED) is 0.747. The highest BCUT2D eigenvalue weighted by molar-refractivity contribution is 5.87. The summed E-state index contributed by atoms with van der Waals surface area (Å²) in [6.45, 7) is 0. The number of carboxylic acid groups (broad SMARTS) is 1. The van der Waals surface area contributed by atoms with Gasteiger partial charge in [-0.3, -0.25) is 0 Å². The van der Waals surface area contributed by atoms with E-state index in [-0.39, 0.29) is 23.4 Å². The number of aromatic carboxylic acids is 1. The van der Waals surface area contributed by atoms with Crippen molar-refractivity contribution in [1.29, 1.82) is 0 Å². The van der Waals surface area contributed by atoms with Crippen LogP contribution in [0.15, 0.2) is 42.5 Å². The van der Waals surface area contributed by atoms with E-state index in [0.29, 0.717) is 0 Å². The highest BCUT2D eigenvalue weighted by Gasteiger charge is 2.41. The number of carboxylic acids is 1. The Morgan fingerprint density at radius 2 is 1.81 bits per heavy atom. The number of halogens is 3. The second-order valence-corrected chi connectivity index (χ2v) is 7.05. The van der Waals surface area contributed by atoms with Crippen LogP contribution in [-0.4, -0.2) is 11.1 Å². The molecule has 1 aliphatic carbocycles. The van der Waals surface area contributed by atoms with Crippen LogP contribution < -0.4 is 5.32 Å². The van der Waals surface area contributed by atoms with Crippen LogP contribution >= 0.6 is 0 Å². The van der Waals surface area contributed by atoms with Gasteiger partial charge in [-0.05, 0) is 66.1 Å². The molecule has 2 aromatic carbocycles. The van der Waals surface area contributed by atoms with Crippen LogP contribution in [0.2, 0.25) is 0 Å². The average molecular weight is 361 g/mol. The maximum absolute atomic E-state index is 13.1. The van der Waals surface area contributed by atoms with Crippen molar-refractivity contribution in [2.75, 3.05) is 5.32 Å². The average Bonchev–Trinajstić information content (AvgIpc) is 3.10. The molecule has 0 saturated heterocycles. The fourth-order valence-electron chi connectivity index (χ4n) is 4.39. The molecule has 3 atom stereocenters. The number of nitrogens with one attached hydrogen (secondary N) is 1. The molecule has 2 N–H and O–H groups in total. The second kappa shape index (κ2) is 6.04. The lowest BCUT2D eigenvalue weighted by molar-refractivity contribution is -0.137. The standard InChI is InChI=1S/C20H18F3NO2/c21-20(22,23)13-8-9-17-16(10-13)14-2-1-3-15(14)18(24-17)11-4-6-12(7-5-11)19(25)26/h4-10,14-15,18,24H,1-3H2,(H,25,26)/t14-,15+,18+/m1/s1. The number of hydrogen-bond donors (Lipinski definition) is 2. The fraction of sp³-hybridized carbons (Fsp3) is 0.350. The Balaban J connectivity index is 1.71. The Hall–Kier alpha value is -2.50. The van der Waals surface area contributed by atoms with Gasteiger partial charge >= 0.3 is 12.1 Å². The van der Waals surface area contributed by atoms with Crippen LogP contribution in [0.5, 0.6) is 0 Å². The van der Waals surface area contributed by atoms with Gasteiger partial charge < -0.3 is 10.4 Å². The first kappa shape index (κ1) is 16.9. The van der Waals surface area contributed by atoms with Crippen molar-refractivity contribution in [2.24, 2.45) is 5.92 Å². The number of anilines is 1. The summed E-state index contributed by atoms with van der Waals surface area (Å²) in [5.74, 6) is -0.670. The molecule has 1 saturated carbocycles. The van der Waals surface area contributed by atoms with E-state index in [1.165, 1.54) is 12.1 Å². The number of rotatable bonds is 2. The lowest BCUT2D eigenvalue weighted by Gasteiger charge is -2.38. The molecular weight excluding hydrogens is 343 g/mol. The molecule has 0 radical (unpaired) electrons. The molecule has 0 unspecified atom stereocenters. The van der Waals surface area contributed by atoms with Gasteiger partial charge in [0, 0.05) is 5.69 Å². The molecule has 2 aromatic rings. The second-order valence-electron chi connectivity index (χ2n) is 7.05. The first-order chi connectivity index (χ1) is 12.3. The summed E-state index contributed by atoms with van der Waals surface area (Å²) in [5.41, 5.74) is 2.09. The number of hydrogen-bond acceptors (Lipinski definition) is 2. The zero-order valence-corrected chi connectivity index (χ0v) is 13.9. The summed E-state index contributed by atoms with van der Waals surface area (Å²) in [6, 6.07) is 10.6. The molecule has 0 bridgehead atoms. The smallest absolute Gasteiger partial charge is 0.416 e. The number of fused-ring (bicyclic) bond motifs is 3. The van der Waals surface area contributed by atoms with E-state index in [0.717, 1.165) is 42.1 Å². The van der Waals surface area contributed by atoms with E-state index >= 15 is 0 Å². The molecule has 3 nitrogen and oxygen atoms in total. The van der Waals surface area contributed by atoms with Crippen molar-refractivity contribution >= 4 is 11.7 Å². The lowest BCUT2D eigenvalue weighted by atomic mass is 9.77. The summed E-state index contributed by atoms with van der Waals surface area (Å²) in [4.78, 5) is 11.0. The predicted molar refractivity (Wildman–Crippen MR) is 91.3 cm³/mol. The van der Waals surface area contributed by atoms with Crippen LogP contribution in [-0.2, 0) is 6.18 Å². The molecule has 4 rings (SSSR count). The minimum Gasteiger partial charge on any atom is -0.478 e. The zero-order valence-electron chi connectivity index (χ0n) is 13.9. The largest absolute Gasteiger partial charge is 0.478 e. The number of carbonyl (C=O) groups is 1. The number of alkyl halides is 3. The summed E-state index contributed by atoms with van der Waals surface area (Å²) >= 11 is 0. The SMILES string of the molecule is O=C(O)c1ccc([C@@H]2Nc3ccc(C(F)(F)F)cc3[C@@H]3CCC[C@@H]32)cc1. The van der Waals surface area contributed by atoms with Crippen LogP contribution in [0.4, 0.5) is 18.9 Å². The van der Waals surface area contributed by atoms with Crippen molar-refractivity contribution in [3.63, 3.8) is 0 Å². The zero-order chi connectivity index (χ0) is 18.5. The van der Waals surface area contributed by atoms with Gasteiger partial charge in [0.25, 0.3) is 0 Å². The number of benzene rings is 2. The van der Waals surface area contributed by atoms with Crippen molar-refractivity contribution in [1.82, 2.24) is 0 Å². The minimum absolute atomic E-state index is 0.0189. The van der Waals surface area contributed by atoms with Gasteiger partial charge in [0.2, 0.25) is 0 Å². The molecule has 2 aliphatic rings. The van der Waals surface area contributed by atoms with Crippen LogP contribution in [0.1, 0.15) is 58.3 Å². The van der Waals surface area contributed by atoms with E-state index < -0.39 is 17.7 Å². The summed E-state index contributed by atoms with van der Waals surface area (Å²) in [6.07, 6.45) is -1.54. The van der Waals surface area contributed by atoms with Crippen molar-refractivity contribution in [3.05, 3.63) is 64.7 Å². The van der Waals surface area contributed by atoms with E-state index in [9.17, 15) is 18.0 Å². The summed E-state index contributed by atoms with van der Waals surface area (Å²) in [7, 11) is 0. The summed E-state index contributed by atoms with van der Waals surface area (Å²) < 4.78 is 39.2. The van der Waals surface area contributed by atoms with Gasteiger partial charge in [0.1, 0.15) is 0 Å². The molecule has 0 aromatic heterocycles. The van der Waals surface area contributed by atoms with Crippen molar-refractivity contribution < 1.29 is 23.1 Å². The monoisotopic (exact) mass is 361 g/mol. The third kappa shape index (κ3) is 2.83. The third-order valence-corrected chi connectivity index (χ3v) is 5.60. The lowest BCUT2D eigenvalue weighted by Crippen LogP contribution is -2.29. The molecule has 136 valence electrons. The third-order valence-electron chi connectivity index (χ3n) is 5.60. The molecule has 0 amide bonds. The van der Waals surface area contributed by atoms with Gasteiger partial charge in [-0.25, -0.2) is 4.79 Å². The Kier molecular flexibility index (Phi) is 3.93. The minimum atomic E-state index is -4.34.